The monoisotopic (exact) mass is 312 g/mol. The molecule has 2 rings (SSSR count). The molecule has 2 aromatic carbocycles. The van der Waals surface area contributed by atoms with E-state index in [9.17, 15) is 13.2 Å². The molecular formula is C14H11F3N2OS. The third-order valence-corrected chi connectivity index (χ3v) is 2.79. The molecule has 0 aromatic heterocycles. The van der Waals surface area contributed by atoms with Crippen LogP contribution in [0.5, 0.6) is 5.75 Å². The number of thiocarbonyl (C=S) groups is 1. The lowest BCUT2D eigenvalue weighted by molar-refractivity contribution is 0.387. The van der Waals surface area contributed by atoms with Crippen LogP contribution in [0.25, 0.3) is 0 Å². The second-order valence-corrected chi connectivity index (χ2v) is 4.47. The Morgan fingerprint density at radius 3 is 2.00 bits per heavy atom. The van der Waals surface area contributed by atoms with Crippen LogP contribution in [0, 0.1) is 17.5 Å². The first kappa shape index (κ1) is 15.1. The Morgan fingerprint density at radius 1 is 0.905 bits per heavy atom. The topological polar surface area (TPSA) is 33.3 Å². The third-order valence-electron chi connectivity index (χ3n) is 2.59. The maximum Gasteiger partial charge on any atom is 0.175 e. The molecule has 0 spiro atoms. The average molecular weight is 312 g/mol. The van der Waals surface area contributed by atoms with Gasteiger partial charge in [-0.15, -0.1) is 0 Å². The highest BCUT2D eigenvalue weighted by Crippen LogP contribution is 2.21. The van der Waals surface area contributed by atoms with Gasteiger partial charge in [-0.1, -0.05) is 0 Å². The van der Waals surface area contributed by atoms with Crippen LogP contribution in [0.4, 0.5) is 24.5 Å². The normalized spacial score (nSPS) is 10.1. The van der Waals surface area contributed by atoms with Crippen LogP contribution in [0.3, 0.4) is 0 Å². The number of anilines is 2. The Hall–Kier alpha value is -2.28. The number of benzene rings is 2. The van der Waals surface area contributed by atoms with Crippen molar-refractivity contribution in [2.45, 2.75) is 0 Å². The lowest BCUT2D eigenvalue weighted by Gasteiger charge is -2.11. The molecule has 0 radical (unpaired) electrons. The fourth-order valence-electron chi connectivity index (χ4n) is 1.61. The average Bonchev–Trinajstić information content (AvgIpc) is 2.43. The summed E-state index contributed by atoms with van der Waals surface area (Å²) in [5.41, 5.74) is 0.675. The minimum atomic E-state index is -0.988. The molecule has 3 nitrogen and oxygen atoms in total. The minimum absolute atomic E-state index is 0.111. The van der Waals surface area contributed by atoms with Gasteiger partial charge >= 0.3 is 0 Å². The number of nitrogens with one attached hydrogen (secondary N) is 2. The maximum atomic E-state index is 13.5. The summed E-state index contributed by atoms with van der Waals surface area (Å²) in [6.45, 7) is 0. The van der Waals surface area contributed by atoms with Crippen LogP contribution in [0.15, 0.2) is 36.4 Å². The summed E-state index contributed by atoms with van der Waals surface area (Å²) in [5.74, 6) is -2.37. The van der Waals surface area contributed by atoms with Gasteiger partial charge in [0.25, 0.3) is 0 Å². The zero-order valence-electron chi connectivity index (χ0n) is 10.9. The molecule has 0 bridgehead atoms. The van der Waals surface area contributed by atoms with Crippen molar-refractivity contribution in [3.05, 3.63) is 53.8 Å². The zero-order valence-corrected chi connectivity index (χ0v) is 11.7. The Labute approximate surface area is 124 Å². The molecule has 21 heavy (non-hydrogen) atoms. The van der Waals surface area contributed by atoms with Crippen molar-refractivity contribution >= 4 is 28.7 Å². The number of hydrogen-bond donors (Lipinski definition) is 2. The van der Waals surface area contributed by atoms with Crippen LogP contribution < -0.4 is 15.4 Å². The molecule has 0 aliphatic carbocycles. The van der Waals surface area contributed by atoms with E-state index in [0.29, 0.717) is 5.69 Å². The molecule has 0 heterocycles. The molecule has 2 aromatic rings. The highest BCUT2D eigenvalue weighted by atomic mass is 32.1. The fourth-order valence-corrected chi connectivity index (χ4v) is 1.85. The van der Waals surface area contributed by atoms with Gasteiger partial charge < -0.3 is 15.4 Å². The first-order chi connectivity index (χ1) is 9.99. The number of methoxy groups -OCH3 is 1. The second-order valence-electron chi connectivity index (χ2n) is 4.06. The molecule has 0 aliphatic rings. The Kier molecular flexibility index (Phi) is 4.64. The number of hydrogen-bond acceptors (Lipinski definition) is 2. The summed E-state index contributed by atoms with van der Waals surface area (Å²) in [6, 6.07) is 7.50. The second kappa shape index (κ2) is 6.45. The van der Waals surface area contributed by atoms with Gasteiger partial charge in [0.2, 0.25) is 0 Å². The summed E-state index contributed by atoms with van der Waals surface area (Å²) < 4.78 is 44.1. The van der Waals surface area contributed by atoms with Gasteiger partial charge in [-0.2, -0.15) is 0 Å². The predicted molar refractivity (Wildman–Crippen MR) is 79.2 cm³/mol. The number of ether oxygens (including phenoxy) is 1. The van der Waals surface area contributed by atoms with Crippen molar-refractivity contribution in [1.82, 2.24) is 0 Å². The van der Waals surface area contributed by atoms with Gasteiger partial charge in [-0.25, -0.2) is 13.2 Å². The van der Waals surface area contributed by atoms with Gasteiger partial charge in [-0.3, -0.25) is 0 Å². The summed E-state index contributed by atoms with van der Waals surface area (Å²) in [6.07, 6.45) is 0. The summed E-state index contributed by atoms with van der Waals surface area (Å²) in [4.78, 5) is 0. The standard InChI is InChI=1S/C14H11F3N2OS/c1-20-13-5-3-9(7-12(13)17)19-14(21)18-8-2-4-10(15)11(16)6-8/h2-7H,1H3,(H2,18,19,21). The molecule has 0 aliphatic heterocycles. The van der Waals surface area contributed by atoms with Crippen LogP contribution in [0.1, 0.15) is 0 Å². The number of halogens is 3. The quantitative estimate of drug-likeness (QED) is 0.842. The molecule has 0 atom stereocenters. The maximum absolute atomic E-state index is 13.5. The first-order valence-electron chi connectivity index (χ1n) is 5.86. The SMILES string of the molecule is COc1ccc(NC(=S)Nc2ccc(F)c(F)c2)cc1F. The van der Waals surface area contributed by atoms with E-state index in [1.165, 1.54) is 25.3 Å². The van der Waals surface area contributed by atoms with Crippen molar-refractivity contribution in [2.24, 2.45) is 0 Å². The van der Waals surface area contributed by atoms with E-state index in [1.54, 1.807) is 6.07 Å². The summed E-state index contributed by atoms with van der Waals surface area (Å²) in [5, 5.41) is 5.51. The number of rotatable bonds is 3. The smallest absolute Gasteiger partial charge is 0.175 e. The van der Waals surface area contributed by atoms with Crippen LogP contribution >= 0.6 is 12.2 Å². The largest absolute Gasteiger partial charge is 0.494 e. The summed E-state index contributed by atoms with van der Waals surface area (Å²) >= 11 is 5.01. The van der Waals surface area contributed by atoms with E-state index in [-0.39, 0.29) is 16.5 Å². The van der Waals surface area contributed by atoms with E-state index >= 15 is 0 Å². The fraction of sp³-hybridized carbons (Fsp3) is 0.0714. The van der Waals surface area contributed by atoms with E-state index in [1.807, 2.05) is 0 Å². The first-order valence-corrected chi connectivity index (χ1v) is 6.27. The lowest BCUT2D eigenvalue weighted by Crippen LogP contribution is -2.19. The molecule has 7 heteroatoms. The van der Waals surface area contributed by atoms with E-state index < -0.39 is 17.5 Å². The molecule has 0 saturated carbocycles. The Balaban J connectivity index is 2.04. The van der Waals surface area contributed by atoms with Gasteiger partial charge in [-0.05, 0) is 36.5 Å². The molecular weight excluding hydrogens is 301 g/mol. The van der Waals surface area contributed by atoms with Gasteiger partial charge in [0.05, 0.1) is 7.11 Å². The molecule has 0 fully saturated rings. The van der Waals surface area contributed by atoms with Crippen LogP contribution in [-0.2, 0) is 0 Å². The van der Waals surface area contributed by atoms with E-state index in [4.69, 9.17) is 17.0 Å². The molecule has 0 unspecified atom stereocenters. The van der Waals surface area contributed by atoms with Crippen LogP contribution in [0.2, 0.25) is 0 Å². The molecule has 0 amide bonds. The van der Waals surface area contributed by atoms with Gasteiger partial charge in [0.15, 0.2) is 28.3 Å². The van der Waals surface area contributed by atoms with Crippen molar-refractivity contribution in [3.8, 4) is 5.75 Å². The summed E-state index contributed by atoms with van der Waals surface area (Å²) in [7, 11) is 1.36. The molecule has 0 saturated heterocycles. The highest BCUT2D eigenvalue weighted by Gasteiger charge is 2.06. The van der Waals surface area contributed by atoms with Crippen LogP contribution in [-0.4, -0.2) is 12.2 Å². The van der Waals surface area contributed by atoms with Gasteiger partial charge in [0, 0.05) is 23.5 Å². The van der Waals surface area contributed by atoms with Crippen molar-refractivity contribution in [3.63, 3.8) is 0 Å². The predicted octanol–water partition coefficient (Wildman–Crippen LogP) is 3.92. The van der Waals surface area contributed by atoms with Crippen molar-refractivity contribution < 1.29 is 17.9 Å². The highest BCUT2D eigenvalue weighted by molar-refractivity contribution is 7.80. The van der Waals surface area contributed by atoms with Gasteiger partial charge in [0.1, 0.15) is 0 Å². The minimum Gasteiger partial charge on any atom is -0.494 e. The molecule has 2 N–H and O–H groups in total. The third kappa shape index (κ3) is 3.85. The Bertz CT molecular complexity index is 679. The van der Waals surface area contributed by atoms with E-state index in [0.717, 1.165) is 12.1 Å². The molecule has 110 valence electrons. The Morgan fingerprint density at radius 2 is 1.48 bits per heavy atom. The van der Waals surface area contributed by atoms with Crippen molar-refractivity contribution in [2.75, 3.05) is 17.7 Å². The van der Waals surface area contributed by atoms with Crippen molar-refractivity contribution in [1.29, 1.82) is 0 Å². The van der Waals surface area contributed by atoms with E-state index in [2.05, 4.69) is 10.6 Å². The lowest BCUT2D eigenvalue weighted by atomic mass is 10.3. The zero-order chi connectivity index (χ0) is 15.4.